The third kappa shape index (κ3) is 1.90. The van der Waals surface area contributed by atoms with Crippen LogP contribution in [0.2, 0.25) is 0 Å². The van der Waals surface area contributed by atoms with Gasteiger partial charge < -0.3 is 10.3 Å². The molecule has 0 aliphatic rings. The molecule has 1 atom stereocenters. The van der Waals surface area contributed by atoms with Crippen molar-refractivity contribution in [3.8, 4) is 0 Å². The van der Waals surface area contributed by atoms with Crippen LogP contribution < -0.4 is 5.73 Å². The van der Waals surface area contributed by atoms with Gasteiger partial charge in [-0.1, -0.05) is 13.0 Å². The van der Waals surface area contributed by atoms with Crippen molar-refractivity contribution < 1.29 is 0 Å². The molecule has 0 spiro atoms. The molecule has 2 aromatic rings. The van der Waals surface area contributed by atoms with E-state index in [1.54, 1.807) is 0 Å². The lowest BCUT2D eigenvalue weighted by atomic mass is 10.1. The minimum Gasteiger partial charge on any atom is -0.347 e. The van der Waals surface area contributed by atoms with E-state index in [9.17, 15) is 0 Å². The molecule has 1 heterocycles. The van der Waals surface area contributed by atoms with Crippen molar-refractivity contribution in [3.05, 3.63) is 36.0 Å². The highest BCUT2D eigenvalue weighted by atomic mass is 14.9. The van der Waals surface area contributed by atoms with Gasteiger partial charge >= 0.3 is 0 Å². The van der Waals surface area contributed by atoms with Crippen LogP contribution >= 0.6 is 0 Å². The van der Waals surface area contributed by atoms with Gasteiger partial charge in [0.2, 0.25) is 0 Å². The molecule has 1 unspecified atom stereocenters. The Balaban J connectivity index is 2.47. The number of aromatic nitrogens is 1. The monoisotopic (exact) mass is 202 g/mol. The third-order valence-corrected chi connectivity index (χ3v) is 2.79. The van der Waals surface area contributed by atoms with Crippen molar-refractivity contribution in [2.45, 2.75) is 32.9 Å². The molecule has 2 heteroatoms. The number of hydrogen-bond donors (Lipinski definition) is 1. The summed E-state index contributed by atoms with van der Waals surface area (Å²) in [7, 11) is 0. The highest BCUT2D eigenvalue weighted by molar-refractivity contribution is 5.81. The van der Waals surface area contributed by atoms with Crippen LogP contribution in [0.15, 0.2) is 30.5 Å². The molecule has 2 nitrogen and oxygen atoms in total. The Bertz CT molecular complexity index is 455. The van der Waals surface area contributed by atoms with Crippen molar-refractivity contribution in [1.82, 2.24) is 4.57 Å². The Morgan fingerprint density at radius 2 is 2.13 bits per heavy atom. The molecule has 2 rings (SSSR count). The highest BCUT2D eigenvalue weighted by Crippen LogP contribution is 2.20. The Morgan fingerprint density at radius 3 is 2.80 bits per heavy atom. The zero-order valence-electron chi connectivity index (χ0n) is 9.40. The van der Waals surface area contributed by atoms with E-state index in [0.29, 0.717) is 0 Å². The summed E-state index contributed by atoms with van der Waals surface area (Å²) in [5.41, 5.74) is 8.38. The molecule has 1 aromatic heterocycles. The van der Waals surface area contributed by atoms with Crippen LogP contribution in [0.1, 0.15) is 31.9 Å². The normalized spacial score (nSPS) is 13.3. The topological polar surface area (TPSA) is 30.9 Å². The fourth-order valence-electron chi connectivity index (χ4n) is 1.94. The maximum atomic E-state index is 5.86. The second kappa shape index (κ2) is 4.07. The molecule has 2 N–H and O–H groups in total. The van der Waals surface area contributed by atoms with E-state index in [1.807, 2.05) is 6.92 Å². The number of nitrogens with two attached hydrogens (primary N) is 1. The predicted molar refractivity (Wildman–Crippen MR) is 64.8 cm³/mol. The summed E-state index contributed by atoms with van der Waals surface area (Å²) in [6, 6.07) is 8.76. The summed E-state index contributed by atoms with van der Waals surface area (Å²) >= 11 is 0. The minimum absolute atomic E-state index is 0.115. The van der Waals surface area contributed by atoms with Gasteiger partial charge in [0.05, 0.1) is 0 Å². The highest BCUT2D eigenvalue weighted by Gasteiger charge is 2.03. The van der Waals surface area contributed by atoms with Crippen LogP contribution in [-0.2, 0) is 6.54 Å². The fourth-order valence-corrected chi connectivity index (χ4v) is 1.94. The summed E-state index contributed by atoms with van der Waals surface area (Å²) < 4.78 is 2.29. The second-order valence-corrected chi connectivity index (χ2v) is 4.12. The molecule has 0 fully saturated rings. The van der Waals surface area contributed by atoms with Crippen LogP contribution in [0.25, 0.3) is 10.9 Å². The third-order valence-electron chi connectivity index (χ3n) is 2.79. The first-order valence-corrected chi connectivity index (χ1v) is 5.56. The average molecular weight is 202 g/mol. The number of nitrogens with zero attached hydrogens (tertiary/aromatic N) is 1. The number of rotatable bonds is 3. The molecule has 0 saturated heterocycles. The summed E-state index contributed by atoms with van der Waals surface area (Å²) in [4.78, 5) is 0. The number of benzene rings is 1. The van der Waals surface area contributed by atoms with E-state index in [0.717, 1.165) is 6.54 Å². The van der Waals surface area contributed by atoms with Crippen molar-refractivity contribution >= 4 is 10.9 Å². The molecule has 15 heavy (non-hydrogen) atoms. The van der Waals surface area contributed by atoms with Crippen molar-refractivity contribution in [2.24, 2.45) is 5.73 Å². The molecule has 0 saturated carbocycles. The van der Waals surface area contributed by atoms with Gasteiger partial charge in [0.1, 0.15) is 0 Å². The van der Waals surface area contributed by atoms with E-state index >= 15 is 0 Å². The van der Waals surface area contributed by atoms with E-state index in [-0.39, 0.29) is 6.04 Å². The van der Waals surface area contributed by atoms with E-state index in [1.165, 1.54) is 22.9 Å². The van der Waals surface area contributed by atoms with Gasteiger partial charge in [0, 0.05) is 24.3 Å². The minimum atomic E-state index is 0.115. The van der Waals surface area contributed by atoms with Gasteiger partial charge in [0.25, 0.3) is 0 Å². The molecule has 0 aliphatic carbocycles. The van der Waals surface area contributed by atoms with Crippen molar-refractivity contribution in [1.29, 1.82) is 0 Å². The fraction of sp³-hybridized carbons (Fsp3) is 0.385. The number of aryl methyl sites for hydroxylation is 1. The maximum absolute atomic E-state index is 5.86. The first-order chi connectivity index (χ1) is 7.22. The summed E-state index contributed by atoms with van der Waals surface area (Å²) in [5, 5.41) is 1.29. The molecule has 0 bridgehead atoms. The zero-order valence-corrected chi connectivity index (χ0v) is 9.40. The van der Waals surface area contributed by atoms with Crippen LogP contribution in [0.5, 0.6) is 0 Å². The molecule has 0 aliphatic heterocycles. The van der Waals surface area contributed by atoms with E-state index < -0.39 is 0 Å². The lowest BCUT2D eigenvalue weighted by molar-refractivity contribution is 0.703. The van der Waals surface area contributed by atoms with Crippen LogP contribution in [0.3, 0.4) is 0 Å². The van der Waals surface area contributed by atoms with Gasteiger partial charge in [-0.3, -0.25) is 0 Å². The van der Waals surface area contributed by atoms with Gasteiger partial charge in [-0.05, 0) is 42.5 Å². The molecule has 1 aromatic carbocycles. The Hall–Kier alpha value is -1.28. The Kier molecular flexibility index (Phi) is 2.78. The van der Waals surface area contributed by atoms with Crippen molar-refractivity contribution in [2.75, 3.05) is 0 Å². The molecule has 0 radical (unpaired) electrons. The lowest BCUT2D eigenvalue weighted by Crippen LogP contribution is -2.04. The first-order valence-electron chi connectivity index (χ1n) is 5.56. The maximum Gasteiger partial charge on any atom is 0.0480 e. The standard InChI is InChI=1S/C13H18N2/c1-3-7-15-8-6-12-9-11(10(2)14)4-5-13(12)15/h4-6,8-10H,3,7,14H2,1-2H3. The Morgan fingerprint density at radius 1 is 1.33 bits per heavy atom. The predicted octanol–water partition coefficient (Wildman–Crippen LogP) is 3.07. The zero-order chi connectivity index (χ0) is 10.8. The summed E-state index contributed by atoms with van der Waals surface area (Å²) in [6.07, 6.45) is 3.32. The van der Waals surface area contributed by atoms with E-state index in [4.69, 9.17) is 5.73 Å². The number of fused-ring (bicyclic) bond motifs is 1. The first kappa shape index (κ1) is 10.2. The van der Waals surface area contributed by atoms with Crippen LogP contribution in [-0.4, -0.2) is 4.57 Å². The van der Waals surface area contributed by atoms with Gasteiger partial charge in [-0.2, -0.15) is 0 Å². The second-order valence-electron chi connectivity index (χ2n) is 4.12. The van der Waals surface area contributed by atoms with Gasteiger partial charge in [-0.15, -0.1) is 0 Å². The lowest BCUT2D eigenvalue weighted by Gasteiger charge is -2.07. The largest absolute Gasteiger partial charge is 0.347 e. The molecule has 0 amide bonds. The van der Waals surface area contributed by atoms with Crippen LogP contribution in [0, 0.1) is 0 Å². The quantitative estimate of drug-likeness (QED) is 0.814. The summed E-state index contributed by atoms with van der Waals surface area (Å²) in [6.45, 7) is 5.30. The molecular formula is C13H18N2. The van der Waals surface area contributed by atoms with Crippen molar-refractivity contribution in [3.63, 3.8) is 0 Å². The number of hydrogen-bond acceptors (Lipinski definition) is 1. The van der Waals surface area contributed by atoms with Gasteiger partial charge in [-0.25, -0.2) is 0 Å². The van der Waals surface area contributed by atoms with Crippen LogP contribution in [0.4, 0.5) is 0 Å². The smallest absolute Gasteiger partial charge is 0.0480 e. The van der Waals surface area contributed by atoms with E-state index in [2.05, 4.69) is 42.0 Å². The SMILES string of the molecule is CCCn1ccc2cc(C(C)N)ccc21. The average Bonchev–Trinajstić information content (AvgIpc) is 2.61. The Labute approximate surface area is 90.7 Å². The molecular weight excluding hydrogens is 184 g/mol. The molecule has 80 valence electrons. The van der Waals surface area contributed by atoms with Gasteiger partial charge in [0.15, 0.2) is 0 Å². The summed E-state index contributed by atoms with van der Waals surface area (Å²) in [5.74, 6) is 0.